The molecule has 3 aromatic rings. The third-order valence-corrected chi connectivity index (χ3v) is 3.85. The number of aliphatic hydroxyl groups excluding tert-OH is 1. The Kier molecular flexibility index (Phi) is 4.69. The Morgan fingerprint density at radius 3 is 2.22 bits per heavy atom. The Bertz CT molecular complexity index is 757. The zero-order chi connectivity index (χ0) is 16.1. The number of pyridine rings is 1. The molecule has 0 saturated heterocycles. The highest BCUT2D eigenvalue weighted by molar-refractivity contribution is 5.42. The monoisotopic (exact) mass is 304 g/mol. The minimum Gasteiger partial charge on any atom is -0.384 e. The smallest absolute Gasteiger partial charge is 0.126 e. The molecule has 2 aromatic carbocycles. The van der Waals surface area contributed by atoms with E-state index in [-0.39, 0.29) is 0 Å². The zero-order valence-corrected chi connectivity index (χ0v) is 13.1. The molecule has 0 aliphatic rings. The first-order chi connectivity index (χ1) is 11.2. The molecule has 0 bridgehead atoms. The Labute approximate surface area is 136 Å². The van der Waals surface area contributed by atoms with Crippen LogP contribution in [0.15, 0.2) is 72.8 Å². The van der Waals surface area contributed by atoms with Crippen molar-refractivity contribution in [2.24, 2.45) is 0 Å². The number of aromatic nitrogens is 1. The second kappa shape index (κ2) is 7.07. The first-order valence-electron chi connectivity index (χ1n) is 7.72. The summed E-state index contributed by atoms with van der Waals surface area (Å²) < 4.78 is 0. The minimum absolute atomic E-state index is 0.646. The average Bonchev–Trinajstić information content (AvgIpc) is 2.61. The Balaban J connectivity index is 1.73. The normalized spacial score (nSPS) is 11.9. The lowest BCUT2D eigenvalue weighted by Gasteiger charge is -2.15. The van der Waals surface area contributed by atoms with Crippen LogP contribution < -0.4 is 5.32 Å². The number of hydrogen-bond donors (Lipinski definition) is 2. The van der Waals surface area contributed by atoms with E-state index in [1.165, 1.54) is 5.56 Å². The molecule has 3 heteroatoms. The van der Waals surface area contributed by atoms with Gasteiger partial charge in [0.25, 0.3) is 0 Å². The number of aryl methyl sites for hydroxylation is 1. The summed E-state index contributed by atoms with van der Waals surface area (Å²) in [4.78, 5) is 4.56. The van der Waals surface area contributed by atoms with Gasteiger partial charge in [0.15, 0.2) is 0 Å². The second-order valence-corrected chi connectivity index (χ2v) is 5.52. The Morgan fingerprint density at radius 1 is 0.913 bits per heavy atom. The van der Waals surface area contributed by atoms with Crippen LogP contribution in [-0.4, -0.2) is 10.1 Å². The van der Waals surface area contributed by atoms with E-state index >= 15 is 0 Å². The fourth-order valence-corrected chi connectivity index (χ4v) is 2.56. The number of rotatable bonds is 5. The van der Waals surface area contributed by atoms with Crippen molar-refractivity contribution < 1.29 is 5.11 Å². The van der Waals surface area contributed by atoms with Gasteiger partial charge in [-0.3, -0.25) is 0 Å². The van der Waals surface area contributed by atoms with Gasteiger partial charge < -0.3 is 10.4 Å². The lowest BCUT2D eigenvalue weighted by molar-refractivity contribution is 0.219. The summed E-state index contributed by atoms with van der Waals surface area (Å²) in [7, 11) is 0. The third kappa shape index (κ3) is 3.76. The summed E-state index contributed by atoms with van der Waals surface area (Å²) in [6, 6.07) is 23.7. The van der Waals surface area contributed by atoms with Gasteiger partial charge in [0.2, 0.25) is 0 Å². The van der Waals surface area contributed by atoms with Crippen LogP contribution in [0.1, 0.15) is 28.5 Å². The molecule has 0 amide bonds. The van der Waals surface area contributed by atoms with Crippen LogP contribution in [0.4, 0.5) is 5.82 Å². The number of aliphatic hydroxyl groups is 1. The van der Waals surface area contributed by atoms with Crippen LogP contribution in [0.3, 0.4) is 0 Å². The van der Waals surface area contributed by atoms with Crippen molar-refractivity contribution in [3.05, 3.63) is 95.2 Å². The lowest BCUT2D eigenvalue weighted by Crippen LogP contribution is -2.06. The van der Waals surface area contributed by atoms with Crippen LogP contribution >= 0.6 is 0 Å². The molecule has 1 atom stereocenters. The molecule has 1 aromatic heterocycles. The highest BCUT2D eigenvalue weighted by Gasteiger charge is 2.13. The van der Waals surface area contributed by atoms with Crippen LogP contribution in [-0.2, 0) is 6.54 Å². The number of nitrogens with zero attached hydrogens (tertiary/aromatic N) is 1. The van der Waals surface area contributed by atoms with Gasteiger partial charge >= 0.3 is 0 Å². The van der Waals surface area contributed by atoms with Gasteiger partial charge in [0.1, 0.15) is 11.9 Å². The van der Waals surface area contributed by atoms with E-state index in [0.717, 1.165) is 29.2 Å². The van der Waals surface area contributed by atoms with Crippen molar-refractivity contribution in [2.75, 3.05) is 5.32 Å². The number of benzene rings is 2. The van der Waals surface area contributed by atoms with Gasteiger partial charge in [-0.2, -0.15) is 0 Å². The van der Waals surface area contributed by atoms with E-state index in [2.05, 4.69) is 22.4 Å². The lowest BCUT2D eigenvalue weighted by atomic mass is 10.0. The molecule has 0 spiro atoms. The first-order valence-corrected chi connectivity index (χ1v) is 7.72. The SMILES string of the molecule is Cc1nc(NCc2ccccc2)ccc1[C@@H](O)c1ccccc1. The second-order valence-electron chi connectivity index (χ2n) is 5.52. The van der Waals surface area contributed by atoms with E-state index in [4.69, 9.17) is 0 Å². The topological polar surface area (TPSA) is 45.2 Å². The summed E-state index contributed by atoms with van der Waals surface area (Å²) in [5.41, 5.74) is 3.75. The Morgan fingerprint density at radius 2 is 1.57 bits per heavy atom. The van der Waals surface area contributed by atoms with Gasteiger partial charge in [-0.15, -0.1) is 0 Å². The highest BCUT2D eigenvalue weighted by atomic mass is 16.3. The largest absolute Gasteiger partial charge is 0.384 e. The maximum Gasteiger partial charge on any atom is 0.126 e. The summed E-state index contributed by atoms with van der Waals surface area (Å²) >= 11 is 0. The summed E-state index contributed by atoms with van der Waals surface area (Å²) in [6.07, 6.45) is -0.646. The summed E-state index contributed by atoms with van der Waals surface area (Å²) in [5.74, 6) is 0.815. The molecule has 23 heavy (non-hydrogen) atoms. The molecule has 0 aliphatic carbocycles. The van der Waals surface area contributed by atoms with Crippen LogP contribution in [0.2, 0.25) is 0 Å². The van der Waals surface area contributed by atoms with Crippen molar-refractivity contribution in [3.63, 3.8) is 0 Å². The number of hydrogen-bond acceptors (Lipinski definition) is 3. The predicted molar refractivity (Wildman–Crippen MR) is 93.2 cm³/mol. The van der Waals surface area contributed by atoms with Gasteiger partial charge in [-0.1, -0.05) is 66.7 Å². The first kappa shape index (κ1) is 15.3. The van der Waals surface area contributed by atoms with Crippen molar-refractivity contribution in [3.8, 4) is 0 Å². The standard InChI is InChI=1S/C20H20N2O/c1-15-18(20(23)17-10-6-3-7-11-17)12-13-19(22-15)21-14-16-8-4-2-5-9-16/h2-13,20,23H,14H2,1H3,(H,21,22)/t20-/m0/s1. The number of nitrogens with one attached hydrogen (secondary N) is 1. The van der Waals surface area contributed by atoms with Gasteiger partial charge in [-0.25, -0.2) is 4.98 Å². The van der Waals surface area contributed by atoms with Crippen LogP contribution in [0, 0.1) is 6.92 Å². The maximum absolute atomic E-state index is 10.5. The molecule has 3 nitrogen and oxygen atoms in total. The molecule has 0 radical (unpaired) electrons. The summed E-state index contributed by atoms with van der Waals surface area (Å²) in [5, 5.41) is 13.8. The fourth-order valence-electron chi connectivity index (χ4n) is 2.56. The average molecular weight is 304 g/mol. The van der Waals surface area contributed by atoms with Gasteiger partial charge in [-0.05, 0) is 24.1 Å². The van der Waals surface area contributed by atoms with Gasteiger partial charge in [0.05, 0.1) is 0 Å². The molecule has 1 heterocycles. The van der Waals surface area contributed by atoms with E-state index in [1.807, 2.05) is 67.6 Å². The molecule has 0 aliphatic heterocycles. The molecule has 0 unspecified atom stereocenters. The molecule has 0 fully saturated rings. The van der Waals surface area contributed by atoms with E-state index in [0.29, 0.717) is 0 Å². The summed E-state index contributed by atoms with van der Waals surface area (Å²) in [6.45, 7) is 2.66. The molecule has 2 N–H and O–H groups in total. The van der Waals surface area contributed by atoms with Crippen molar-refractivity contribution in [1.29, 1.82) is 0 Å². The highest BCUT2D eigenvalue weighted by Crippen LogP contribution is 2.24. The van der Waals surface area contributed by atoms with Crippen LogP contribution in [0.25, 0.3) is 0 Å². The zero-order valence-electron chi connectivity index (χ0n) is 13.1. The van der Waals surface area contributed by atoms with E-state index in [1.54, 1.807) is 0 Å². The van der Waals surface area contributed by atoms with E-state index in [9.17, 15) is 5.11 Å². The van der Waals surface area contributed by atoms with Crippen molar-refractivity contribution in [1.82, 2.24) is 4.98 Å². The third-order valence-electron chi connectivity index (χ3n) is 3.85. The quantitative estimate of drug-likeness (QED) is 0.746. The van der Waals surface area contributed by atoms with Crippen molar-refractivity contribution in [2.45, 2.75) is 19.6 Å². The fraction of sp³-hybridized carbons (Fsp3) is 0.150. The van der Waals surface area contributed by atoms with E-state index < -0.39 is 6.10 Å². The Hall–Kier alpha value is -2.65. The molecule has 0 saturated carbocycles. The molecular formula is C20H20N2O. The minimum atomic E-state index is -0.646. The predicted octanol–water partition coefficient (Wildman–Crippen LogP) is 4.08. The van der Waals surface area contributed by atoms with Crippen molar-refractivity contribution >= 4 is 5.82 Å². The molecule has 3 rings (SSSR count). The molecular weight excluding hydrogens is 284 g/mol. The molecule has 116 valence electrons. The number of anilines is 1. The maximum atomic E-state index is 10.5. The van der Waals surface area contributed by atoms with Gasteiger partial charge in [0, 0.05) is 17.8 Å². The van der Waals surface area contributed by atoms with Crippen LogP contribution in [0.5, 0.6) is 0 Å².